The Balaban J connectivity index is 1.36. The Morgan fingerprint density at radius 2 is 1.76 bits per heavy atom. The molecule has 7 heteroatoms. The number of aromatic carboxylic acids is 1. The Morgan fingerprint density at radius 1 is 1.14 bits per heavy atom. The molecule has 1 atom stereocenters. The van der Waals surface area contributed by atoms with Crippen molar-refractivity contribution in [3.63, 3.8) is 0 Å². The standard InChI is InChI=1S/C22H21N3O4/c1-14(11-25-12-15(10-23-25)21(26)27)24-22(28)29-13-20-18-8-4-2-6-16(18)17-7-3-5-9-19(17)20/h2-10,12,14,20H,11,13H2,1H3,(H,24,28)(H,26,27). The SMILES string of the molecule is CC(Cn1cc(C(=O)O)cn1)NC(=O)OCC1c2ccccc2-c2ccccc21. The molecule has 0 bridgehead atoms. The summed E-state index contributed by atoms with van der Waals surface area (Å²) in [5.74, 6) is -1.03. The van der Waals surface area contributed by atoms with Gasteiger partial charge in [-0.3, -0.25) is 4.68 Å². The smallest absolute Gasteiger partial charge is 0.407 e. The van der Waals surface area contributed by atoms with Crippen LogP contribution in [-0.2, 0) is 11.3 Å². The van der Waals surface area contributed by atoms with E-state index in [1.807, 2.05) is 31.2 Å². The van der Waals surface area contributed by atoms with E-state index in [0.717, 1.165) is 11.1 Å². The summed E-state index contributed by atoms with van der Waals surface area (Å²) >= 11 is 0. The van der Waals surface area contributed by atoms with Crippen molar-refractivity contribution in [2.75, 3.05) is 6.61 Å². The van der Waals surface area contributed by atoms with Crippen LogP contribution in [0.15, 0.2) is 60.9 Å². The average Bonchev–Trinajstić information content (AvgIpc) is 3.29. The summed E-state index contributed by atoms with van der Waals surface area (Å²) in [5.41, 5.74) is 4.79. The predicted molar refractivity (Wildman–Crippen MR) is 107 cm³/mol. The molecule has 0 saturated carbocycles. The molecule has 2 N–H and O–H groups in total. The highest BCUT2D eigenvalue weighted by molar-refractivity contribution is 5.86. The minimum Gasteiger partial charge on any atom is -0.478 e. The summed E-state index contributed by atoms with van der Waals surface area (Å²) in [6.07, 6.45) is 2.20. The lowest BCUT2D eigenvalue weighted by Gasteiger charge is -2.17. The van der Waals surface area contributed by atoms with Crippen molar-refractivity contribution in [2.24, 2.45) is 0 Å². The molecular formula is C22H21N3O4. The summed E-state index contributed by atoms with van der Waals surface area (Å²) in [6, 6.07) is 16.1. The highest BCUT2D eigenvalue weighted by atomic mass is 16.5. The maximum atomic E-state index is 12.3. The van der Waals surface area contributed by atoms with Crippen LogP contribution in [0.3, 0.4) is 0 Å². The number of aromatic nitrogens is 2. The third kappa shape index (κ3) is 3.85. The van der Waals surface area contributed by atoms with Gasteiger partial charge in [0.1, 0.15) is 6.61 Å². The van der Waals surface area contributed by atoms with Crippen molar-refractivity contribution in [2.45, 2.75) is 25.4 Å². The Morgan fingerprint density at radius 3 is 2.34 bits per heavy atom. The molecule has 2 aromatic carbocycles. The van der Waals surface area contributed by atoms with Crippen LogP contribution in [0.5, 0.6) is 0 Å². The average molecular weight is 391 g/mol. The molecule has 1 heterocycles. The van der Waals surface area contributed by atoms with Crippen LogP contribution in [0.25, 0.3) is 11.1 Å². The van der Waals surface area contributed by atoms with E-state index in [1.54, 1.807) is 0 Å². The molecule has 0 aliphatic heterocycles. The molecule has 1 aromatic heterocycles. The number of carbonyl (C=O) groups excluding carboxylic acids is 1. The Kier molecular flexibility index (Phi) is 5.03. The highest BCUT2D eigenvalue weighted by Crippen LogP contribution is 2.44. The molecule has 1 aliphatic carbocycles. The third-order valence-electron chi connectivity index (χ3n) is 5.05. The molecular weight excluding hydrogens is 370 g/mol. The van der Waals surface area contributed by atoms with Crippen molar-refractivity contribution < 1.29 is 19.4 Å². The van der Waals surface area contributed by atoms with Crippen LogP contribution in [0, 0.1) is 0 Å². The number of fused-ring (bicyclic) bond motifs is 3. The Labute approximate surface area is 167 Å². The van der Waals surface area contributed by atoms with Crippen LogP contribution < -0.4 is 5.32 Å². The second-order valence-electron chi connectivity index (χ2n) is 7.13. The number of nitrogens with zero attached hydrogens (tertiary/aromatic N) is 2. The quantitative estimate of drug-likeness (QED) is 0.671. The maximum Gasteiger partial charge on any atom is 0.407 e. The van der Waals surface area contributed by atoms with Crippen molar-refractivity contribution in [3.8, 4) is 11.1 Å². The molecule has 7 nitrogen and oxygen atoms in total. The summed E-state index contributed by atoms with van der Waals surface area (Å²) in [7, 11) is 0. The fraction of sp³-hybridized carbons (Fsp3) is 0.227. The number of hydrogen-bond donors (Lipinski definition) is 2. The van der Waals surface area contributed by atoms with E-state index in [-0.39, 0.29) is 24.1 Å². The zero-order valence-electron chi connectivity index (χ0n) is 15.9. The summed E-state index contributed by atoms with van der Waals surface area (Å²) in [4.78, 5) is 23.2. The fourth-order valence-electron chi connectivity index (χ4n) is 3.74. The van der Waals surface area contributed by atoms with Gasteiger partial charge in [0.05, 0.1) is 18.3 Å². The lowest BCUT2D eigenvalue weighted by Crippen LogP contribution is -2.36. The van der Waals surface area contributed by atoms with E-state index in [0.29, 0.717) is 6.54 Å². The van der Waals surface area contributed by atoms with Gasteiger partial charge in [-0.15, -0.1) is 0 Å². The number of carbonyl (C=O) groups is 2. The summed E-state index contributed by atoms with van der Waals surface area (Å²) in [5, 5.41) is 15.7. The second-order valence-corrected chi connectivity index (χ2v) is 7.13. The van der Waals surface area contributed by atoms with Gasteiger partial charge in [0, 0.05) is 18.2 Å². The van der Waals surface area contributed by atoms with Gasteiger partial charge in [-0.05, 0) is 29.2 Å². The molecule has 3 aromatic rings. The highest BCUT2D eigenvalue weighted by Gasteiger charge is 2.29. The summed E-state index contributed by atoms with van der Waals surface area (Å²) in [6.45, 7) is 2.40. The third-order valence-corrected chi connectivity index (χ3v) is 5.05. The summed E-state index contributed by atoms with van der Waals surface area (Å²) < 4.78 is 7.00. The number of hydrogen-bond acceptors (Lipinski definition) is 4. The van der Waals surface area contributed by atoms with E-state index in [4.69, 9.17) is 9.84 Å². The minimum atomic E-state index is -1.03. The van der Waals surface area contributed by atoms with E-state index in [2.05, 4.69) is 34.7 Å². The van der Waals surface area contributed by atoms with Gasteiger partial charge >= 0.3 is 12.1 Å². The first kappa shape index (κ1) is 18.7. The van der Waals surface area contributed by atoms with Crippen molar-refractivity contribution >= 4 is 12.1 Å². The number of ether oxygens (including phenoxy) is 1. The minimum absolute atomic E-state index is 0.00713. The molecule has 4 rings (SSSR count). The molecule has 148 valence electrons. The van der Waals surface area contributed by atoms with Crippen molar-refractivity contribution in [1.29, 1.82) is 0 Å². The van der Waals surface area contributed by atoms with E-state index >= 15 is 0 Å². The number of benzene rings is 2. The number of carboxylic acids is 1. The molecule has 1 amide bonds. The normalized spacial score (nSPS) is 13.4. The first-order valence-corrected chi connectivity index (χ1v) is 9.40. The lowest BCUT2D eigenvalue weighted by atomic mass is 9.98. The van der Waals surface area contributed by atoms with Crippen molar-refractivity contribution in [1.82, 2.24) is 15.1 Å². The molecule has 1 unspecified atom stereocenters. The molecule has 1 aliphatic rings. The van der Waals surface area contributed by atoms with Crippen LogP contribution in [0.4, 0.5) is 4.79 Å². The first-order chi connectivity index (χ1) is 14.0. The Hall–Kier alpha value is -3.61. The fourth-order valence-corrected chi connectivity index (χ4v) is 3.74. The van der Waals surface area contributed by atoms with Gasteiger partial charge in [-0.2, -0.15) is 5.10 Å². The monoisotopic (exact) mass is 391 g/mol. The zero-order chi connectivity index (χ0) is 20.4. The first-order valence-electron chi connectivity index (χ1n) is 9.40. The van der Waals surface area contributed by atoms with E-state index < -0.39 is 12.1 Å². The van der Waals surface area contributed by atoms with E-state index in [9.17, 15) is 9.59 Å². The van der Waals surface area contributed by atoms with Gasteiger partial charge in [0.15, 0.2) is 0 Å². The molecule has 0 fully saturated rings. The number of alkyl carbamates (subject to hydrolysis) is 1. The second kappa shape index (κ2) is 7.79. The van der Waals surface area contributed by atoms with Crippen LogP contribution in [-0.4, -0.2) is 39.6 Å². The van der Waals surface area contributed by atoms with Crippen molar-refractivity contribution in [3.05, 3.63) is 77.6 Å². The van der Waals surface area contributed by atoms with Gasteiger partial charge in [0.2, 0.25) is 0 Å². The molecule has 0 saturated heterocycles. The van der Waals surface area contributed by atoms with E-state index in [1.165, 1.54) is 28.2 Å². The number of nitrogens with one attached hydrogen (secondary N) is 1. The molecule has 0 radical (unpaired) electrons. The number of rotatable bonds is 6. The van der Waals surface area contributed by atoms with Crippen LogP contribution in [0.2, 0.25) is 0 Å². The topological polar surface area (TPSA) is 93.5 Å². The molecule has 0 spiro atoms. The largest absolute Gasteiger partial charge is 0.478 e. The van der Waals surface area contributed by atoms with Gasteiger partial charge in [-0.25, -0.2) is 9.59 Å². The Bertz CT molecular complexity index is 1010. The van der Waals surface area contributed by atoms with Gasteiger partial charge < -0.3 is 15.2 Å². The van der Waals surface area contributed by atoms with Gasteiger partial charge in [-0.1, -0.05) is 48.5 Å². The zero-order valence-corrected chi connectivity index (χ0v) is 15.9. The van der Waals surface area contributed by atoms with Crippen LogP contribution >= 0.6 is 0 Å². The lowest BCUT2D eigenvalue weighted by molar-refractivity contribution is 0.0696. The number of carboxylic acid groups (broad SMARTS) is 1. The number of amides is 1. The van der Waals surface area contributed by atoms with Crippen LogP contribution in [0.1, 0.15) is 34.3 Å². The molecule has 29 heavy (non-hydrogen) atoms. The maximum absolute atomic E-state index is 12.3. The predicted octanol–water partition coefficient (Wildman–Crippen LogP) is 3.51. The van der Waals surface area contributed by atoms with Gasteiger partial charge in [0.25, 0.3) is 0 Å².